The molecule has 4 heterocycles. The first-order valence-electron chi connectivity index (χ1n) is 13.7. The summed E-state index contributed by atoms with van der Waals surface area (Å²) < 4.78 is 8.41. The van der Waals surface area contributed by atoms with Crippen molar-refractivity contribution in [2.24, 2.45) is 0 Å². The van der Waals surface area contributed by atoms with Gasteiger partial charge in [0.2, 0.25) is 0 Å². The van der Waals surface area contributed by atoms with Gasteiger partial charge in [-0.3, -0.25) is 14.3 Å². The van der Waals surface area contributed by atoms with Crippen molar-refractivity contribution in [2.45, 2.75) is 27.3 Å². The van der Waals surface area contributed by atoms with Gasteiger partial charge in [-0.1, -0.05) is 35.3 Å². The summed E-state index contributed by atoms with van der Waals surface area (Å²) in [4.78, 5) is 39.5. The van der Waals surface area contributed by atoms with Crippen LogP contribution in [-0.4, -0.2) is 37.2 Å². The summed E-state index contributed by atoms with van der Waals surface area (Å²) >= 11 is 13.9. The van der Waals surface area contributed by atoms with Gasteiger partial charge in [-0.15, -0.1) is 11.3 Å². The molecule has 0 fully saturated rings. The number of aryl methyl sites for hydroxylation is 3. The Morgan fingerprint density at radius 3 is 2.53 bits per heavy atom. The molecule has 0 aliphatic carbocycles. The number of aromatic carboxylic acids is 1. The molecular formula is C33H23Cl2N5O4S. The van der Waals surface area contributed by atoms with Crippen molar-refractivity contribution < 1.29 is 14.6 Å². The Morgan fingerprint density at radius 2 is 1.80 bits per heavy atom. The van der Waals surface area contributed by atoms with E-state index in [2.05, 4.69) is 21.0 Å². The number of thiophene rings is 1. The van der Waals surface area contributed by atoms with E-state index in [0.29, 0.717) is 65.6 Å². The number of nitrogens with zero attached hydrogens (tertiary/aromatic N) is 5. The van der Waals surface area contributed by atoms with Crippen molar-refractivity contribution >= 4 is 61.6 Å². The molecule has 1 N–H and O–H groups in total. The second-order valence-electron chi connectivity index (χ2n) is 10.3. The number of pyridine rings is 2. The highest BCUT2D eigenvalue weighted by atomic mass is 35.5. The number of aromatic nitrogens is 4. The topological polar surface area (TPSA) is 131 Å². The van der Waals surface area contributed by atoms with Crippen LogP contribution in [-0.2, 0) is 6.54 Å². The SMILES string of the molecule is Cc1cc(-c2cc(Cl)ccc2OCCn2c(C)nc3c(C)nc(-c4cccc(Cl)c4)c(C#N)c3c2=O)c2scc(C(=O)O)c2n1. The standard InChI is InChI=1S/C33H23Cl2N5O4S/c1-16-11-23(31-30(37-16)25(15-45-31)33(42)43)22-13-21(35)7-8-26(22)44-10-9-40-18(3)39-28-17(2)38-29(19-5-4-6-20(34)12-19)24(14-36)27(28)32(40)41/h4-8,11-13,15H,9-10H2,1-3H3,(H,42,43). The summed E-state index contributed by atoms with van der Waals surface area (Å²) in [6.07, 6.45) is 0. The van der Waals surface area contributed by atoms with Crippen LogP contribution >= 0.6 is 34.5 Å². The third-order valence-electron chi connectivity index (χ3n) is 7.36. The summed E-state index contributed by atoms with van der Waals surface area (Å²) in [5, 5.41) is 22.5. The first kappa shape index (κ1) is 30.2. The first-order valence-corrected chi connectivity index (χ1v) is 15.3. The minimum atomic E-state index is -1.05. The van der Waals surface area contributed by atoms with Crippen LogP contribution in [0.2, 0.25) is 10.0 Å². The molecule has 0 atom stereocenters. The molecule has 0 radical (unpaired) electrons. The van der Waals surface area contributed by atoms with Gasteiger partial charge in [0, 0.05) is 37.8 Å². The van der Waals surface area contributed by atoms with Crippen molar-refractivity contribution in [3.63, 3.8) is 0 Å². The third kappa shape index (κ3) is 5.51. The Balaban J connectivity index is 1.39. The molecule has 0 aliphatic rings. The van der Waals surface area contributed by atoms with E-state index in [9.17, 15) is 20.0 Å². The lowest BCUT2D eigenvalue weighted by Crippen LogP contribution is -2.27. The maximum Gasteiger partial charge on any atom is 0.338 e. The molecular weight excluding hydrogens is 633 g/mol. The van der Waals surface area contributed by atoms with E-state index in [1.165, 1.54) is 15.9 Å². The lowest BCUT2D eigenvalue weighted by Gasteiger charge is -2.16. The van der Waals surface area contributed by atoms with Gasteiger partial charge in [0.05, 0.1) is 44.7 Å². The van der Waals surface area contributed by atoms with Crippen LogP contribution in [0.4, 0.5) is 0 Å². The van der Waals surface area contributed by atoms with Gasteiger partial charge >= 0.3 is 5.97 Å². The van der Waals surface area contributed by atoms with E-state index in [0.717, 1.165) is 5.56 Å². The fourth-order valence-corrected chi connectivity index (χ4v) is 6.71. The lowest BCUT2D eigenvalue weighted by atomic mass is 10.0. The Morgan fingerprint density at radius 1 is 1.02 bits per heavy atom. The molecule has 0 bridgehead atoms. The molecule has 0 saturated carbocycles. The number of fused-ring (bicyclic) bond motifs is 2. The molecule has 2 aromatic carbocycles. The van der Waals surface area contributed by atoms with E-state index in [1.807, 2.05) is 6.07 Å². The number of ether oxygens (including phenoxy) is 1. The first-order chi connectivity index (χ1) is 21.6. The van der Waals surface area contributed by atoms with Crippen molar-refractivity contribution in [1.82, 2.24) is 19.5 Å². The largest absolute Gasteiger partial charge is 0.491 e. The number of carboxylic acids is 1. The fraction of sp³-hybridized carbons (Fsp3) is 0.152. The highest BCUT2D eigenvalue weighted by Crippen LogP contribution is 2.40. The van der Waals surface area contributed by atoms with Gasteiger partial charge in [0.15, 0.2) is 0 Å². The number of nitriles is 1. The zero-order valence-electron chi connectivity index (χ0n) is 24.2. The average molecular weight is 657 g/mol. The molecule has 0 amide bonds. The Kier molecular flexibility index (Phi) is 8.01. The molecule has 224 valence electrons. The van der Waals surface area contributed by atoms with Gasteiger partial charge in [-0.25, -0.2) is 14.8 Å². The van der Waals surface area contributed by atoms with Gasteiger partial charge in [0.1, 0.15) is 29.8 Å². The van der Waals surface area contributed by atoms with Gasteiger partial charge < -0.3 is 9.84 Å². The molecule has 12 heteroatoms. The number of carboxylic acid groups (broad SMARTS) is 1. The highest BCUT2D eigenvalue weighted by Gasteiger charge is 2.22. The molecule has 6 aromatic rings. The third-order valence-corrected chi connectivity index (χ3v) is 8.84. The van der Waals surface area contributed by atoms with Crippen LogP contribution in [0.3, 0.4) is 0 Å². The molecule has 0 unspecified atom stereocenters. The Hall–Kier alpha value is -4.82. The predicted octanol–water partition coefficient (Wildman–Crippen LogP) is 7.62. The number of carbonyl (C=O) groups is 1. The van der Waals surface area contributed by atoms with Crippen LogP contribution in [0.15, 0.2) is 58.7 Å². The van der Waals surface area contributed by atoms with E-state index in [1.54, 1.807) is 68.6 Å². The normalized spacial score (nSPS) is 11.2. The van der Waals surface area contributed by atoms with Crippen LogP contribution in [0.1, 0.15) is 33.1 Å². The van der Waals surface area contributed by atoms with Crippen LogP contribution in [0, 0.1) is 32.1 Å². The Bertz CT molecular complexity index is 2290. The minimum Gasteiger partial charge on any atom is -0.491 e. The lowest BCUT2D eigenvalue weighted by molar-refractivity contribution is 0.0699. The van der Waals surface area contributed by atoms with Crippen molar-refractivity contribution in [1.29, 1.82) is 5.26 Å². The second kappa shape index (κ2) is 11.9. The molecule has 0 saturated heterocycles. The summed E-state index contributed by atoms with van der Waals surface area (Å²) in [6.45, 7) is 5.50. The minimum absolute atomic E-state index is 0.0910. The summed E-state index contributed by atoms with van der Waals surface area (Å²) in [5.74, 6) is -0.108. The molecule has 45 heavy (non-hydrogen) atoms. The average Bonchev–Trinajstić information content (AvgIpc) is 3.43. The number of hydrogen-bond acceptors (Lipinski definition) is 8. The number of rotatable bonds is 7. The summed E-state index contributed by atoms with van der Waals surface area (Å²) in [7, 11) is 0. The predicted molar refractivity (Wildman–Crippen MR) is 176 cm³/mol. The number of hydrogen-bond donors (Lipinski definition) is 1. The van der Waals surface area contributed by atoms with Crippen molar-refractivity contribution in [3.8, 4) is 34.2 Å². The zero-order valence-corrected chi connectivity index (χ0v) is 26.5. The quantitative estimate of drug-likeness (QED) is 0.186. The van der Waals surface area contributed by atoms with E-state index < -0.39 is 5.97 Å². The second-order valence-corrected chi connectivity index (χ2v) is 12.1. The number of halogens is 2. The summed E-state index contributed by atoms with van der Waals surface area (Å²) in [6, 6.07) is 16.2. The van der Waals surface area contributed by atoms with Gasteiger partial charge in [0.25, 0.3) is 5.56 Å². The van der Waals surface area contributed by atoms with Crippen LogP contribution in [0.5, 0.6) is 5.75 Å². The number of benzene rings is 2. The van der Waals surface area contributed by atoms with E-state index in [-0.39, 0.29) is 35.2 Å². The molecule has 0 spiro atoms. The van der Waals surface area contributed by atoms with E-state index in [4.69, 9.17) is 27.9 Å². The highest BCUT2D eigenvalue weighted by molar-refractivity contribution is 7.18. The van der Waals surface area contributed by atoms with Crippen LogP contribution < -0.4 is 10.3 Å². The van der Waals surface area contributed by atoms with Crippen molar-refractivity contribution in [2.75, 3.05) is 6.61 Å². The molecule has 6 rings (SSSR count). The molecule has 9 nitrogen and oxygen atoms in total. The smallest absolute Gasteiger partial charge is 0.338 e. The maximum atomic E-state index is 13.9. The van der Waals surface area contributed by atoms with Gasteiger partial charge in [-0.05, 0) is 57.2 Å². The van der Waals surface area contributed by atoms with Crippen molar-refractivity contribution in [3.05, 3.63) is 103 Å². The van der Waals surface area contributed by atoms with Gasteiger partial charge in [-0.2, -0.15) is 5.26 Å². The fourth-order valence-electron chi connectivity index (χ4n) is 5.33. The van der Waals surface area contributed by atoms with Crippen LogP contribution in [0.25, 0.3) is 43.5 Å². The summed E-state index contributed by atoms with van der Waals surface area (Å²) in [5.41, 5.74) is 4.18. The maximum absolute atomic E-state index is 13.9. The van der Waals surface area contributed by atoms with E-state index >= 15 is 0 Å². The monoisotopic (exact) mass is 655 g/mol. The molecule has 0 aliphatic heterocycles. The zero-order chi connectivity index (χ0) is 32.0. The molecule has 4 aromatic heterocycles. The Labute approximate surface area is 270 Å².